The molecule has 2 N–H and O–H groups in total. The lowest BCUT2D eigenvalue weighted by Gasteiger charge is -2.06. The first-order chi connectivity index (χ1) is 9.20. The first-order valence-electron chi connectivity index (χ1n) is 5.98. The molecule has 1 aromatic rings. The molecule has 1 aliphatic rings. The molecule has 0 amide bonds. The SMILES string of the molecule is COc1ccc(CO/N=C2/CCNC2C(=O)O)cc1. The van der Waals surface area contributed by atoms with E-state index in [4.69, 9.17) is 14.7 Å². The van der Waals surface area contributed by atoms with Gasteiger partial charge in [0.25, 0.3) is 0 Å². The predicted molar refractivity (Wildman–Crippen MR) is 69.3 cm³/mol. The van der Waals surface area contributed by atoms with Gasteiger partial charge in [-0.15, -0.1) is 0 Å². The van der Waals surface area contributed by atoms with Crippen LogP contribution in [0.5, 0.6) is 5.75 Å². The number of carboxylic acid groups (broad SMARTS) is 1. The highest BCUT2D eigenvalue weighted by Gasteiger charge is 2.29. The molecule has 0 bridgehead atoms. The molecule has 0 aliphatic carbocycles. The van der Waals surface area contributed by atoms with Gasteiger partial charge in [0.2, 0.25) is 0 Å². The van der Waals surface area contributed by atoms with Crippen LogP contribution in [0.15, 0.2) is 29.4 Å². The molecule has 1 heterocycles. The van der Waals surface area contributed by atoms with Crippen LogP contribution in [0.4, 0.5) is 0 Å². The van der Waals surface area contributed by atoms with E-state index in [1.54, 1.807) is 7.11 Å². The molecular weight excluding hydrogens is 248 g/mol. The van der Waals surface area contributed by atoms with Crippen LogP contribution in [-0.2, 0) is 16.2 Å². The third-order valence-corrected chi connectivity index (χ3v) is 2.88. The van der Waals surface area contributed by atoms with E-state index in [1.807, 2.05) is 24.3 Å². The van der Waals surface area contributed by atoms with Gasteiger partial charge >= 0.3 is 5.97 Å². The first kappa shape index (κ1) is 13.4. The number of ether oxygens (including phenoxy) is 1. The van der Waals surface area contributed by atoms with Gasteiger partial charge in [-0.2, -0.15) is 0 Å². The first-order valence-corrected chi connectivity index (χ1v) is 5.98. The summed E-state index contributed by atoms with van der Waals surface area (Å²) < 4.78 is 5.05. The third-order valence-electron chi connectivity index (χ3n) is 2.88. The zero-order valence-electron chi connectivity index (χ0n) is 10.6. The van der Waals surface area contributed by atoms with Crippen molar-refractivity contribution in [2.45, 2.75) is 19.1 Å². The number of benzene rings is 1. The Morgan fingerprint density at radius 2 is 2.21 bits per heavy atom. The maximum Gasteiger partial charge on any atom is 0.326 e. The van der Waals surface area contributed by atoms with Gasteiger partial charge in [-0.1, -0.05) is 17.3 Å². The zero-order chi connectivity index (χ0) is 13.7. The Hall–Kier alpha value is -2.08. The fourth-order valence-corrected chi connectivity index (χ4v) is 1.85. The summed E-state index contributed by atoms with van der Waals surface area (Å²) in [6.45, 7) is 0.918. The number of hydrogen-bond donors (Lipinski definition) is 2. The summed E-state index contributed by atoms with van der Waals surface area (Å²) in [5.74, 6) is -0.148. The summed E-state index contributed by atoms with van der Waals surface area (Å²) in [5.41, 5.74) is 1.48. The predicted octanol–water partition coefficient (Wildman–Crippen LogP) is 1.01. The molecular formula is C13H16N2O4. The highest BCUT2D eigenvalue weighted by Crippen LogP contribution is 2.12. The van der Waals surface area contributed by atoms with Gasteiger partial charge in [-0.3, -0.25) is 10.1 Å². The van der Waals surface area contributed by atoms with E-state index in [9.17, 15) is 4.79 Å². The van der Waals surface area contributed by atoms with Gasteiger partial charge in [-0.25, -0.2) is 0 Å². The summed E-state index contributed by atoms with van der Waals surface area (Å²) in [6.07, 6.45) is 0.597. The van der Waals surface area contributed by atoms with E-state index in [-0.39, 0.29) is 0 Å². The molecule has 0 aromatic heterocycles. The van der Waals surface area contributed by atoms with Crippen LogP contribution < -0.4 is 10.1 Å². The van der Waals surface area contributed by atoms with Crippen LogP contribution in [0.3, 0.4) is 0 Å². The second-order valence-electron chi connectivity index (χ2n) is 4.18. The number of nitrogens with one attached hydrogen (secondary N) is 1. The van der Waals surface area contributed by atoms with Crippen molar-refractivity contribution in [1.82, 2.24) is 5.32 Å². The molecule has 6 nitrogen and oxygen atoms in total. The average molecular weight is 264 g/mol. The van der Waals surface area contributed by atoms with Crippen LogP contribution in [-0.4, -0.2) is 36.5 Å². The van der Waals surface area contributed by atoms with Gasteiger partial charge in [0.15, 0.2) is 0 Å². The highest BCUT2D eigenvalue weighted by atomic mass is 16.6. The van der Waals surface area contributed by atoms with E-state index < -0.39 is 12.0 Å². The Morgan fingerprint density at radius 3 is 2.84 bits per heavy atom. The summed E-state index contributed by atoms with van der Waals surface area (Å²) in [6, 6.07) is 6.70. The molecule has 0 spiro atoms. The normalized spacial score (nSPS) is 20.5. The lowest BCUT2D eigenvalue weighted by atomic mass is 10.2. The second-order valence-corrected chi connectivity index (χ2v) is 4.18. The molecule has 102 valence electrons. The number of carboxylic acids is 1. The molecule has 0 radical (unpaired) electrons. The molecule has 1 saturated heterocycles. The minimum Gasteiger partial charge on any atom is -0.497 e. The standard InChI is InChI=1S/C13H16N2O4/c1-18-10-4-2-9(3-5-10)8-19-15-11-6-7-14-12(11)13(16)17/h2-5,12,14H,6-8H2,1H3,(H,16,17)/b15-11-. The van der Waals surface area contributed by atoms with Crippen LogP contribution >= 0.6 is 0 Å². The molecule has 1 unspecified atom stereocenters. The summed E-state index contributed by atoms with van der Waals surface area (Å²) in [5, 5.41) is 15.7. The molecule has 2 rings (SSSR count). The lowest BCUT2D eigenvalue weighted by Crippen LogP contribution is -2.35. The highest BCUT2D eigenvalue weighted by molar-refractivity contribution is 6.06. The van der Waals surface area contributed by atoms with Crippen LogP contribution in [0.1, 0.15) is 12.0 Å². The molecule has 1 atom stereocenters. The van der Waals surface area contributed by atoms with Crippen molar-refractivity contribution in [3.63, 3.8) is 0 Å². The molecule has 1 fully saturated rings. The van der Waals surface area contributed by atoms with E-state index >= 15 is 0 Å². The molecule has 1 aliphatic heterocycles. The number of hydrogen-bond acceptors (Lipinski definition) is 5. The van der Waals surface area contributed by atoms with E-state index in [2.05, 4.69) is 10.5 Å². The molecule has 0 saturated carbocycles. The number of oxime groups is 1. The minimum absolute atomic E-state index is 0.305. The summed E-state index contributed by atoms with van der Waals surface area (Å²) in [4.78, 5) is 16.1. The fourth-order valence-electron chi connectivity index (χ4n) is 1.85. The fraction of sp³-hybridized carbons (Fsp3) is 0.385. The second kappa shape index (κ2) is 6.19. The molecule has 6 heteroatoms. The largest absolute Gasteiger partial charge is 0.497 e. The van der Waals surface area contributed by atoms with Gasteiger partial charge in [0, 0.05) is 13.0 Å². The number of nitrogens with zero attached hydrogens (tertiary/aromatic N) is 1. The van der Waals surface area contributed by atoms with Gasteiger partial charge in [0.05, 0.1) is 12.8 Å². The van der Waals surface area contributed by atoms with Crippen LogP contribution in [0, 0.1) is 0 Å². The van der Waals surface area contributed by atoms with Crippen molar-refractivity contribution in [1.29, 1.82) is 0 Å². The van der Waals surface area contributed by atoms with E-state index in [1.165, 1.54) is 0 Å². The van der Waals surface area contributed by atoms with Crippen LogP contribution in [0.2, 0.25) is 0 Å². The van der Waals surface area contributed by atoms with E-state index in [0.29, 0.717) is 25.3 Å². The lowest BCUT2D eigenvalue weighted by molar-refractivity contribution is -0.137. The Balaban J connectivity index is 1.89. The summed E-state index contributed by atoms with van der Waals surface area (Å²) >= 11 is 0. The van der Waals surface area contributed by atoms with Gasteiger partial charge in [0.1, 0.15) is 18.4 Å². The van der Waals surface area contributed by atoms with Crippen molar-refractivity contribution < 1.29 is 19.5 Å². The topological polar surface area (TPSA) is 80.2 Å². The Labute approximate surface area is 111 Å². The number of carbonyl (C=O) groups is 1. The number of aliphatic carboxylic acids is 1. The summed E-state index contributed by atoms with van der Waals surface area (Å²) in [7, 11) is 1.61. The van der Waals surface area contributed by atoms with Crippen molar-refractivity contribution >= 4 is 11.7 Å². The Kier molecular flexibility index (Phi) is 4.35. The van der Waals surface area contributed by atoms with Gasteiger partial charge < -0.3 is 14.7 Å². The van der Waals surface area contributed by atoms with Crippen molar-refractivity contribution in [2.24, 2.45) is 5.16 Å². The third kappa shape index (κ3) is 3.45. The smallest absolute Gasteiger partial charge is 0.326 e. The van der Waals surface area contributed by atoms with Crippen molar-refractivity contribution in [3.8, 4) is 5.75 Å². The zero-order valence-corrected chi connectivity index (χ0v) is 10.6. The Bertz CT molecular complexity index is 470. The quantitative estimate of drug-likeness (QED) is 0.776. The van der Waals surface area contributed by atoms with Gasteiger partial charge in [-0.05, 0) is 17.7 Å². The molecule has 1 aromatic carbocycles. The number of rotatable bonds is 5. The molecule has 19 heavy (non-hydrogen) atoms. The van der Waals surface area contributed by atoms with Crippen molar-refractivity contribution in [3.05, 3.63) is 29.8 Å². The Morgan fingerprint density at radius 1 is 1.47 bits per heavy atom. The maximum atomic E-state index is 10.9. The van der Waals surface area contributed by atoms with E-state index in [0.717, 1.165) is 11.3 Å². The van der Waals surface area contributed by atoms with Crippen LogP contribution in [0.25, 0.3) is 0 Å². The average Bonchev–Trinajstić information content (AvgIpc) is 2.88. The van der Waals surface area contributed by atoms with Crippen molar-refractivity contribution in [2.75, 3.05) is 13.7 Å². The monoisotopic (exact) mass is 264 g/mol. The maximum absolute atomic E-state index is 10.9. The minimum atomic E-state index is -0.927. The number of methoxy groups -OCH3 is 1.